The number of rotatable bonds is 5. The third-order valence-corrected chi connectivity index (χ3v) is 4.24. The van der Waals surface area contributed by atoms with Crippen molar-refractivity contribution in [3.8, 4) is 5.75 Å². The molecule has 0 fully saturated rings. The van der Waals surface area contributed by atoms with Crippen LogP contribution in [0.5, 0.6) is 5.75 Å². The molecule has 1 N–H and O–H groups in total. The van der Waals surface area contributed by atoms with E-state index in [0.717, 1.165) is 0 Å². The first-order valence-electron chi connectivity index (χ1n) is 6.06. The molecule has 0 aliphatic carbocycles. The molecule has 3 nitrogen and oxygen atoms in total. The highest BCUT2D eigenvalue weighted by molar-refractivity contribution is 7.85. The summed E-state index contributed by atoms with van der Waals surface area (Å²) >= 11 is 0. The van der Waals surface area contributed by atoms with Gasteiger partial charge < -0.3 is 9.84 Å². The summed E-state index contributed by atoms with van der Waals surface area (Å²) in [7, 11) is 0.0744. The van der Waals surface area contributed by atoms with Gasteiger partial charge in [0.05, 0.1) is 29.8 Å². The summed E-state index contributed by atoms with van der Waals surface area (Å²) in [6.07, 6.45) is -0.894. The largest absolute Gasteiger partial charge is 0.497 e. The van der Waals surface area contributed by atoms with Gasteiger partial charge >= 0.3 is 0 Å². The van der Waals surface area contributed by atoms with Gasteiger partial charge in [0.1, 0.15) is 11.6 Å². The number of aliphatic hydroxyl groups is 1. The summed E-state index contributed by atoms with van der Waals surface area (Å²) in [6, 6.07) is 12.5. The Labute approximate surface area is 119 Å². The summed E-state index contributed by atoms with van der Waals surface area (Å²) in [5.74, 6) is 0.196. The molecule has 0 aliphatic heterocycles. The lowest BCUT2D eigenvalue weighted by atomic mass is 10.1. The molecular weight excluding hydrogens is 279 g/mol. The summed E-state index contributed by atoms with van der Waals surface area (Å²) in [4.78, 5) is 0.368. The van der Waals surface area contributed by atoms with Crippen LogP contribution in [0.1, 0.15) is 11.7 Å². The third kappa shape index (κ3) is 3.65. The quantitative estimate of drug-likeness (QED) is 0.922. The van der Waals surface area contributed by atoms with Crippen molar-refractivity contribution in [1.29, 1.82) is 0 Å². The standard InChI is InChI=1S/C15H15FO3S/c1-19-13-6-2-4-11(8-13)15(17)10-20(18)14-7-3-5-12(16)9-14/h2-9,15,17H,10H2,1H3. The van der Waals surface area contributed by atoms with E-state index in [1.54, 1.807) is 30.3 Å². The van der Waals surface area contributed by atoms with Crippen LogP contribution in [-0.4, -0.2) is 22.2 Å². The molecule has 0 spiro atoms. The fourth-order valence-electron chi connectivity index (χ4n) is 1.79. The molecule has 2 rings (SSSR count). The summed E-state index contributed by atoms with van der Waals surface area (Å²) in [6.45, 7) is 0. The minimum atomic E-state index is -1.46. The van der Waals surface area contributed by atoms with Crippen molar-refractivity contribution in [1.82, 2.24) is 0 Å². The van der Waals surface area contributed by atoms with E-state index in [9.17, 15) is 13.7 Å². The predicted octanol–water partition coefficient (Wildman–Crippen LogP) is 2.68. The van der Waals surface area contributed by atoms with Crippen LogP contribution < -0.4 is 4.74 Å². The molecule has 106 valence electrons. The van der Waals surface area contributed by atoms with Crippen LogP contribution in [0.2, 0.25) is 0 Å². The molecule has 5 heteroatoms. The van der Waals surface area contributed by atoms with Gasteiger partial charge in [0.25, 0.3) is 0 Å². The van der Waals surface area contributed by atoms with Crippen LogP contribution >= 0.6 is 0 Å². The number of halogens is 1. The molecule has 0 heterocycles. The maximum Gasteiger partial charge on any atom is 0.124 e. The number of ether oxygens (including phenoxy) is 1. The Morgan fingerprint density at radius 1 is 1.25 bits per heavy atom. The molecule has 0 saturated carbocycles. The average Bonchev–Trinajstić information content (AvgIpc) is 2.47. The maximum atomic E-state index is 13.1. The van der Waals surface area contributed by atoms with Crippen molar-refractivity contribution in [3.63, 3.8) is 0 Å². The highest BCUT2D eigenvalue weighted by Gasteiger charge is 2.14. The van der Waals surface area contributed by atoms with Crippen LogP contribution in [0.25, 0.3) is 0 Å². The SMILES string of the molecule is COc1cccc(C(O)CS(=O)c2cccc(F)c2)c1. The van der Waals surface area contributed by atoms with Crippen molar-refractivity contribution >= 4 is 10.8 Å². The van der Waals surface area contributed by atoms with E-state index in [0.29, 0.717) is 16.2 Å². The Morgan fingerprint density at radius 3 is 2.70 bits per heavy atom. The van der Waals surface area contributed by atoms with Gasteiger partial charge in [-0.3, -0.25) is 4.21 Å². The lowest BCUT2D eigenvalue weighted by molar-refractivity contribution is 0.202. The Balaban J connectivity index is 2.10. The van der Waals surface area contributed by atoms with Gasteiger partial charge in [-0.15, -0.1) is 0 Å². The van der Waals surface area contributed by atoms with Crippen LogP contribution in [-0.2, 0) is 10.8 Å². The molecule has 2 unspecified atom stereocenters. The van der Waals surface area contributed by atoms with Gasteiger partial charge in [0.15, 0.2) is 0 Å². The topological polar surface area (TPSA) is 46.5 Å². The van der Waals surface area contributed by atoms with E-state index in [1.165, 1.54) is 25.3 Å². The molecule has 0 bridgehead atoms. The van der Waals surface area contributed by atoms with E-state index in [1.807, 2.05) is 0 Å². The maximum absolute atomic E-state index is 13.1. The summed E-state index contributed by atoms with van der Waals surface area (Å²) in [5, 5.41) is 10.1. The lowest BCUT2D eigenvalue weighted by Gasteiger charge is -2.12. The van der Waals surface area contributed by atoms with Crippen molar-refractivity contribution in [3.05, 3.63) is 59.9 Å². The molecule has 0 aromatic heterocycles. The van der Waals surface area contributed by atoms with Crippen LogP contribution in [0.15, 0.2) is 53.4 Å². The fourth-order valence-corrected chi connectivity index (χ4v) is 2.94. The first-order valence-corrected chi connectivity index (χ1v) is 7.38. The number of benzene rings is 2. The van der Waals surface area contributed by atoms with Gasteiger partial charge in [0.2, 0.25) is 0 Å². The molecule has 0 aliphatic rings. The van der Waals surface area contributed by atoms with Crippen molar-refractivity contribution in [2.45, 2.75) is 11.0 Å². The lowest BCUT2D eigenvalue weighted by Crippen LogP contribution is -2.09. The second-order valence-electron chi connectivity index (χ2n) is 4.26. The Hall–Kier alpha value is -1.72. The fraction of sp³-hybridized carbons (Fsp3) is 0.200. The highest BCUT2D eigenvalue weighted by Crippen LogP contribution is 2.21. The number of hydrogen-bond acceptors (Lipinski definition) is 3. The van der Waals surface area contributed by atoms with Gasteiger partial charge in [-0.2, -0.15) is 0 Å². The van der Waals surface area contributed by atoms with Crippen LogP contribution in [0.4, 0.5) is 4.39 Å². The monoisotopic (exact) mass is 294 g/mol. The van der Waals surface area contributed by atoms with Gasteiger partial charge in [0, 0.05) is 4.90 Å². The van der Waals surface area contributed by atoms with Gasteiger partial charge in [-0.25, -0.2) is 4.39 Å². The summed E-state index contributed by atoms with van der Waals surface area (Å²) < 4.78 is 30.2. The minimum Gasteiger partial charge on any atom is -0.497 e. The molecule has 0 radical (unpaired) electrons. The van der Waals surface area contributed by atoms with Crippen molar-refractivity contribution < 1.29 is 18.4 Å². The van der Waals surface area contributed by atoms with Gasteiger partial charge in [-0.1, -0.05) is 18.2 Å². The zero-order valence-corrected chi connectivity index (χ0v) is 11.8. The first-order chi connectivity index (χ1) is 9.60. The Bertz CT molecular complexity index is 616. The van der Waals surface area contributed by atoms with Crippen LogP contribution in [0, 0.1) is 5.82 Å². The summed E-state index contributed by atoms with van der Waals surface area (Å²) in [5.41, 5.74) is 0.620. The zero-order valence-electron chi connectivity index (χ0n) is 11.0. The number of methoxy groups -OCH3 is 1. The molecule has 0 amide bonds. The number of aliphatic hydroxyl groups excluding tert-OH is 1. The molecular formula is C15H15FO3S. The number of hydrogen-bond donors (Lipinski definition) is 1. The molecule has 20 heavy (non-hydrogen) atoms. The van der Waals surface area contributed by atoms with E-state index in [2.05, 4.69) is 0 Å². The van der Waals surface area contributed by atoms with E-state index < -0.39 is 22.7 Å². The Morgan fingerprint density at radius 2 is 2.00 bits per heavy atom. The molecule has 2 aromatic rings. The molecule has 2 aromatic carbocycles. The predicted molar refractivity (Wildman–Crippen MR) is 75.6 cm³/mol. The van der Waals surface area contributed by atoms with Gasteiger partial charge in [-0.05, 0) is 35.9 Å². The second-order valence-corrected chi connectivity index (χ2v) is 5.76. The zero-order chi connectivity index (χ0) is 14.5. The van der Waals surface area contributed by atoms with E-state index in [4.69, 9.17) is 4.74 Å². The second kappa shape index (κ2) is 6.63. The Kier molecular flexibility index (Phi) is 4.87. The van der Waals surface area contributed by atoms with E-state index in [-0.39, 0.29) is 5.75 Å². The highest BCUT2D eigenvalue weighted by atomic mass is 32.2. The first kappa shape index (κ1) is 14.7. The van der Waals surface area contributed by atoms with E-state index >= 15 is 0 Å². The molecule has 0 saturated heterocycles. The van der Waals surface area contributed by atoms with Crippen LogP contribution in [0.3, 0.4) is 0 Å². The third-order valence-electron chi connectivity index (χ3n) is 2.85. The normalized spacial score (nSPS) is 13.8. The average molecular weight is 294 g/mol. The minimum absolute atomic E-state index is 0.0105. The van der Waals surface area contributed by atoms with Crippen molar-refractivity contribution in [2.75, 3.05) is 12.9 Å². The van der Waals surface area contributed by atoms with Crippen molar-refractivity contribution in [2.24, 2.45) is 0 Å². The molecule has 2 atom stereocenters. The smallest absolute Gasteiger partial charge is 0.124 e.